The summed E-state index contributed by atoms with van der Waals surface area (Å²) in [5.74, 6) is 0. The third kappa shape index (κ3) is 2.34. The van der Waals surface area contributed by atoms with Crippen LogP contribution in [0.4, 0.5) is 4.39 Å². The Morgan fingerprint density at radius 2 is 2.25 bits per heavy atom. The van der Waals surface area contributed by atoms with Gasteiger partial charge < -0.3 is 4.98 Å². The Labute approximate surface area is 47.8 Å². The van der Waals surface area contributed by atoms with Gasteiger partial charge in [-0.25, -0.2) is 4.98 Å². The zero-order chi connectivity index (χ0) is 6.41. The lowest BCUT2D eigenvalue weighted by Gasteiger charge is -1.63. The Morgan fingerprint density at radius 3 is 2.38 bits per heavy atom. The highest BCUT2D eigenvalue weighted by atomic mass is 19.1. The average molecular weight is 116 g/mol. The first-order chi connectivity index (χ1) is 3.89. The van der Waals surface area contributed by atoms with E-state index in [-0.39, 0.29) is 0 Å². The molecule has 0 aliphatic heterocycles. The molecule has 0 unspecified atom stereocenters. The number of hydrogen-bond acceptors (Lipinski definition) is 1. The van der Waals surface area contributed by atoms with Gasteiger partial charge in [-0.3, -0.25) is 0 Å². The fourth-order valence-corrected chi connectivity index (χ4v) is 0.246. The molecule has 0 aliphatic carbocycles. The second kappa shape index (κ2) is 4.30. The standard InChI is InChI=1S/C3H3FN2.C2H6/c4-3-5-1-2-6-3;1-2/h1-2H,(H,5,6);1-2H3. The van der Waals surface area contributed by atoms with E-state index in [1.54, 1.807) is 0 Å². The van der Waals surface area contributed by atoms with E-state index in [1.807, 2.05) is 13.8 Å². The van der Waals surface area contributed by atoms with Gasteiger partial charge in [0.25, 0.3) is 6.08 Å². The molecule has 0 atom stereocenters. The van der Waals surface area contributed by atoms with E-state index in [1.165, 1.54) is 12.4 Å². The predicted molar refractivity (Wildman–Crippen MR) is 29.9 cm³/mol. The highest BCUT2D eigenvalue weighted by Crippen LogP contribution is 1.78. The minimum absolute atomic E-state index is 0.532. The van der Waals surface area contributed by atoms with Crippen LogP contribution in [0, 0.1) is 6.08 Å². The summed E-state index contributed by atoms with van der Waals surface area (Å²) in [6.07, 6.45) is 2.25. The maximum absolute atomic E-state index is 11.5. The van der Waals surface area contributed by atoms with Crippen LogP contribution in [0.3, 0.4) is 0 Å². The maximum Gasteiger partial charge on any atom is 0.286 e. The van der Waals surface area contributed by atoms with Gasteiger partial charge in [0.15, 0.2) is 0 Å². The van der Waals surface area contributed by atoms with E-state index in [9.17, 15) is 4.39 Å². The fourth-order valence-electron chi connectivity index (χ4n) is 0.246. The zero-order valence-electron chi connectivity index (χ0n) is 4.98. The summed E-state index contributed by atoms with van der Waals surface area (Å²) in [4.78, 5) is 5.42. The topological polar surface area (TPSA) is 28.7 Å². The van der Waals surface area contributed by atoms with Crippen molar-refractivity contribution in [3.63, 3.8) is 0 Å². The number of H-pyrrole nitrogens is 1. The van der Waals surface area contributed by atoms with Crippen LogP contribution in [0.15, 0.2) is 12.4 Å². The molecule has 1 aromatic heterocycles. The average Bonchev–Trinajstić information content (AvgIpc) is 2.24. The van der Waals surface area contributed by atoms with Gasteiger partial charge >= 0.3 is 0 Å². The highest BCUT2D eigenvalue weighted by Gasteiger charge is 1.79. The van der Waals surface area contributed by atoms with Crippen molar-refractivity contribution in [3.8, 4) is 0 Å². The number of hydrogen-bond donors (Lipinski definition) is 1. The molecule has 1 rings (SSSR count). The summed E-state index contributed by atoms with van der Waals surface area (Å²) >= 11 is 0. The summed E-state index contributed by atoms with van der Waals surface area (Å²) in [6.45, 7) is 4.00. The van der Waals surface area contributed by atoms with E-state index in [0.29, 0.717) is 0 Å². The number of nitrogens with zero attached hydrogens (tertiary/aromatic N) is 1. The van der Waals surface area contributed by atoms with Crippen LogP contribution in [0.5, 0.6) is 0 Å². The SMILES string of the molecule is CC.Fc1ncc[nH]1. The van der Waals surface area contributed by atoms with Crippen LogP contribution in [0.25, 0.3) is 0 Å². The van der Waals surface area contributed by atoms with Gasteiger partial charge in [-0.05, 0) is 0 Å². The summed E-state index contributed by atoms with van der Waals surface area (Å²) in [6, 6.07) is 0. The minimum Gasteiger partial charge on any atom is -0.321 e. The molecule has 1 heterocycles. The van der Waals surface area contributed by atoms with E-state index >= 15 is 0 Å². The summed E-state index contributed by atoms with van der Waals surface area (Å²) < 4.78 is 11.5. The molecular weight excluding hydrogens is 107 g/mol. The molecule has 46 valence electrons. The first-order valence-electron chi connectivity index (χ1n) is 2.54. The molecule has 0 fully saturated rings. The fraction of sp³-hybridized carbons (Fsp3) is 0.400. The Morgan fingerprint density at radius 1 is 1.62 bits per heavy atom. The molecule has 8 heavy (non-hydrogen) atoms. The summed E-state index contributed by atoms with van der Waals surface area (Å²) in [5.41, 5.74) is 0. The number of aromatic amines is 1. The number of nitrogens with one attached hydrogen (secondary N) is 1. The van der Waals surface area contributed by atoms with Crippen LogP contribution in [0.2, 0.25) is 0 Å². The Hall–Kier alpha value is -0.860. The molecule has 0 radical (unpaired) electrons. The van der Waals surface area contributed by atoms with Gasteiger partial charge in [-0.15, -0.1) is 0 Å². The summed E-state index contributed by atoms with van der Waals surface area (Å²) in [5, 5.41) is 0. The number of imidazole rings is 1. The first-order valence-corrected chi connectivity index (χ1v) is 2.54. The van der Waals surface area contributed by atoms with E-state index < -0.39 is 6.08 Å². The first kappa shape index (κ1) is 7.14. The molecule has 2 nitrogen and oxygen atoms in total. The van der Waals surface area contributed by atoms with Gasteiger partial charge in [0, 0.05) is 12.4 Å². The Balaban J connectivity index is 0.000000222. The van der Waals surface area contributed by atoms with Crippen molar-refractivity contribution in [2.45, 2.75) is 13.8 Å². The van der Waals surface area contributed by atoms with Gasteiger partial charge in [0.05, 0.1) is 0 Å². The van der Waals surface area contributed by atoms with Crippen molar-refractivity contribution in [1.82, 2.24) is 9.97 Å². The summed E-state index contributed by atoms with van der Waals surface area (Å²) in [7, 11) is 0. The molecule has 0 saturated carbocycles. The molecular formula is C5H9FN2. The van der Waals surface area contributed by atoms with E-state index in [2.05, 4.69) is 9.97 Å². The van der Waals surface area contributed by atoms with E-state index in [0.717, 1.165) is 0 Å². The van der Waals surface area contributed by atoms with Crippen molar-refractivity contribution in [3.05, 3.63) is 18.5 Å². The zero-order valence-corrected chi connectivity index (χ0v) is 4.98. The van der Waals surface area contributed by atoms with E-state index in [4.69, 9.17) is 0 Å². The second-order valence-electron chi connectivity index (χ2n) is 0.880. The Bertz CT molecular complexity index is 114. The molecule has 1 aromatic rings. The monoisotopic (exact) mass is 116 g/mol. The lowest BCUT2D eigenvalue weighted by atomic mass is 11.0. The lowest BCUT2D eigenvalue weighted by Crippen LogP contribution is -1.68. The van der Waals surface area contributed by atoms with Crippen molar-refractivity contribution in [2.75, 3.05) is 0 Å². The third-order valence-corrected chi connectivity index (χ3v) is 0.465. The van der Waals surface area contributed by atoms with Crippen LogP contribution in [-0.2, 0) is 0 Å². The van der Waals surface area contributed by atoms with Crippen LogP contribution in [-0.4, -0.2) is 9.97 Å². The molecule has 0 aliphatic rings. The van der Waals surface area contributed by atoms with Crippen molar-refractivity contribution >= 4 is 0 Å². The largest absolute Gasteiger partial charge is 0.321 e. The van der Waals surface area contributed by atoms with Crippen LogP contribution < -0.4 is 0 Å². The molecule has 0 amide bonds. The van der Waals surface area contributed by atoms with Gasteiger partial charge in [-0.2, -0.15) is 4.39 Å². The molecule has 0 saturated heterocycles. The number of halogens is 1. The Kier molecular flexibility index (Phi) is 3.84. The van der Waals surface area contributed by atoms with Crippen LogP contribution >= 0.6 is 0 Å². The molecule has 0 spiro atoms. The molecule has 0 aromatic carbocycles. The van der Waals surface area contributed by atoms with Gasteiger partial charge in [-0.1, -0.05) is 13.8 Å². The third-order valence-electron chi connectivity index (χ3n) is 0.465. The van der Waals surface area contributed by atoms with Crippen LogP contribution in [0.1, 0.15) is 13.8 Å². The second-order valence-corrected chi connectivity index (χ2v) is 0.880. The normalized spacial score (nSPS) is 7.38. The quantitative estimate of drug-likeness (QED) is 0.547. The number of rotatable bonds is 0. The predicted octanol–water partition coefficient (Wildman–Crippen LogP) is 1.57. The highest BCUT2D eigenvalue weighted by molar-refractivity contribution is 4.68. The smallest absolute Gasteiger partial charge is 0.286 e. The van der Waals surface area contributed by atoms with Gasteiger partial charge in [0.2, 0.25) is 0 Å². The minimum atomic E-state index is -0.532. The lowest BCUT2D eigenvalue weighted by molar-refractivity contribution is 0.552. The maximum atomic E-state index is 11.5. The molecule has 0 bridgehead atoms. The van der Waals surface area contributed by atoms with Crippen molar-refractivity contribution < 1.29 is 4.39 Å². The van der Waals surface area contributed by atoms with Gasteiger partial charge in [0.1, 0.15) is 0 Å². The van der Waals surface area contributed by atoms with Crippen molar-refractivity contribution in [2.24, 2.45) is 0 Å². The van der Waals surface area contributed by atoms with Crippen molar-refractivity contribution in [1.29, 1.82) is 0 Å². The number of aromatic nitrogens is 2. The molecule has 1 N–H and O–H groups in total. The molecule has 3 heteroatoms.